The molecule has 0 aromatic heterocycles. The average molecular weight is 395 g/mol. The zero-order valence-electron chi connectivity index (χ0n) is 13.5. The second-order valence-electron chi connectivity index (χ2n) is 5.68. The van der Waals surface area contributed by atoms with Crippen LogP contribution in [-0.4, -0.2) is 26.3 Å². The second-order valence-corrected chi connectivity index (χ2v) is 6.67. The van der Waals surface area contributed by atoms with Crippen molar-refractivity contribution in [2.45, 2.75) is 12.7 Å². The highest BCUT2D eigenvalue weighted by atomic mass is 32.2. The molecule has 0 aliphatic carbocycles. The van der Waals surface area contributed by atoms with Gasteiger partial charge in [-0.05, 0) is 41.6 Å². The summed E-state index contributed by atoms with van der Waals surface area (Å²) in [6.45, 7) is -0.174. The highest BCUT2D eigenvalue weighted by molar-refractivity contribution is 8.18. The maximum atomic E-state index is 12.6. The van der Waals surface area contributed by atoms with Gasteiger partial charge in [0.25, 0.3) is 11.1 Å². The molecule has 0 radical (unpaired) electrons. The molecule has 0 atom stereocenters. The largest absolute Gasteiger partial charge is 0.504 e. The maximum absolute atomic E-state index is 12.6. The molecule has 2 amide bonds. The molecule has 2 N–H and O–H groups in total. The van der Waals surface area contributed by atoms with E-state index >= 15 is 0 Å². The molecule has 0 bridgehead atoms. The van der Waals surface area contributed by atoms with E-state index in [9.17, 15) is 33.0 Å². The van der Waals surface area contributed by atoms with Gasteiger partial charge in [0.2, 0.25) is 0 Å². The summed E-state index contributed by atoms with van der Waals surface area (Å²) in [6, 6.07) is 8.37. The lowest BCUT2D eigenvalue weighted by atomic mass is 10.1. The van der Waals surface area contributed by atoms with E-state index in [0.717, 1.165) is 17.0 Å². The molecule has 1 fully saturated rings. The Morgan fingerprint density at radius 2 is 1.70 bits per heavy atom. The van der Waals surface area contributed by atoms with Crippen molar-refractivity contribution in [3.05, 3.63) is 64.1 Å². The van der Waals surface area contributed by atoms with Crippen molar-refractivity contribution >= 4 is 29.0 Å². The fourth-order valence-electron chi connectivity index (χ4n) is 2.42. The lowest BCUT2D eigenvalue weighted by molar-refractivity contribution is -0.137. The van der Waals surface area contributed by atoms with Gasteiger partial charge in [0.1, 0.15) is 0 Å². The second kappa shape index (κ2) is 6.99. The minimum absolute atomic E-state index is 0.0350. The maximum Gasteiger partial charge on any atom is 0.416 e. The summed E-state index contributed by atoms with van der Waals surface area (Å²) in [5.41, 5.74) is -0.290. The molecule has 2 aromatic rings. The highest BCUT2D eigenvalue weighted by Crippen LogP contribution is 2.37. The average Bonchev–Trinajstić information content (AvgIpc) is 2.86. The molecule has 5 nitrogen and oxygen atoms in total. The molecule has 0 spiro atoms. The molecule has 1 aliphatic rings. The van der Waals surface area contributed by atoms with Crippen LogP contribution < -0.4 is 0 Å². The molecule has 9 heteroatoms. The number of phenolic OH excluding ortho intramolecular Hbond substituents is 2. The first-order valence-corrected chi connectivity index (χ1v) is 8.41. The smallest absolute Gasteiger partial charge is 0.416 e. The number of nitrogens with zero attached hydrogens (tertiary/aromatic N) is 1. The van der Waals surface area contributed by atoms with Crippen molar-refractivity contribution in [3.8, 4) is 11.5 Å². The minimum atomic E-state index is -4.47. The summed E-state index contributed by atoms with van der Waals surface area (Å²) in [5, 5.41) is 18.7. The van der Waals surface area contributed by atoms with Crippen molar-refractivity contribution in [1.29, 1.82) is 0 Å². The number of benzene rings is 2. The summed E-state index contributed by atoms with van der Waals surface area (Å²) >= 11 is 0.644. The van der Waals surface area contributed by atoms with Crippen LogP contribution in [0.4, 0.5) is 18.0 Å². The van der Waals surface area contributed by atoms with Gasteiger partial charge in [-0.3, -0.25) is 14.5 Å². The van der Waals surface area contributed by atoms with E-state index in [1.54, 1.807) is 0 Å². The highest BCUT2D eigenvalue weighted by Gasteiger charge is 2.35. The van der Waals surface area contributed by atoms with E-state index in [1.165, 1.54) is 36.4 Å². The molecular formula is C18H12F3NO4S. The Morgan fingerprint density at radius 1 is 1.04 bits per heavy atom. The molecule has 3 rings (SSSR count). The van der Waals surface area contributed by atoms with Gasteiger partial charge < -0.3 is 10.2 Å². The zero-order valence-corrected chi connectivity index (χ0v) is 14.3. The Morgan fingerprint density at radius 3 is 2.33 bits per heavy atom. The Bertz CT molecular complexity index is 939. The van der Waals surface area contributed by atoms with Gasteiger partial charge in [-0.15, -0.1) is 0 Å². The molecule has 1 saturated heterocycles. The van der Waals surface area contributed by atoms with Gasteiger partial charge >= 0.3 is 6.18 Å². The van der Waals surface area contributed by atoms with Gasteiger partial charge in [-0.25, -0.2) is 0 Å². The number of imide groups is 1. The molecule has 0 saturated carbocycles. The number of alkyl halides is 3. The van der Waals surface area contributed by atoms with Gasteiger partial charge in [-0.1, -0.05) is 24.3 Å². The molecule has 140 valence electrons. The summed E-state index contributed by atoms with van der Waals surface area (Å²) in [7, 11) is 0. The number of carbonyl (C=O) groups is 2. The Kier molecular flexibility index (Phi) is 4.88. The molecule has 2 aromatic carbocycles. The summed E-state index contributed by atoms with van der Waals surface area (Å²) in [4.78, 5) is 25.5. The normalized spacial score (nSPS) is 16.4. The van der Waals surface area contributed by atoms with E-state index in [4.69, 9.17) is 0 Å². The van der Waals surface area contributed by atoms with Crippen LogP contribution in [0.5, 0.6) is 11.5 Å². The molecule has 0 unspecified atom stereocenters. The van der Waals surface area contributed by atoms with E-state index in [2.05, 4.69) is 0 Å². The predicted molar refractivity (Wildman–Crippen MR) is 92.7 cm³/mol. The van der Waals surface area contributed by atoms with Crippen LogP contribution >= 0.6 is 11.8 Å². The van der Waals surface area contributed by atoms with E-state index in [1.807, 2.05) is 0 Å². The standard InChI is InChI=1S/C18H12F3NO4S/c19-18(20,21)12-6-4-10(5-7-12)9-22-16(25)14(27-17(22)26)8-11-2-1-3-13(23)15(11)24/h1-8,23-24H,9H2. The first kappa shape index (κ1) is 18.8. The molecule has 1 aliphatic heterocycles. The third-order valence-corrected chi connectivity index (χ3v) is 4.74. The topological polar surface area (TPSA) is 77.8 Å². The van der Waals surface area contributed by atoms with Gasteiger partial charge in [0, 0.05) is 5.56 Å². The van der Waals surface area contributed by atoms with Gasteiger partial charge in [-0.2, -0.15) is 13.2 Å². The molecular weight excluding hydrogens is 383 g/mol. The SMILES string of the molecule is O=C1SC(=Cc2cccc(O)c2O)C(=O)N1Cc1ccc(C(F)(F)F)cc1. The Hall–Kier alpha value is -2.94. The molecule has 27 heavy (non-hydrogen) atoms. The fraction of sp³-hybridized carbons (Fsp3) is 0.111. The summed E-state index contributed by atoms with van der Waals surface area (Å²) in [6.07, 6.45) is -3.19. The number of phenols is 2. The first-order chi connectivity index (χ1) is 12.7. The van der Waals surface area contributed by atoms with E-state index in [-0.39, 0.29) is 22.8 Å². The number of hydrogen-bond acceptors (Lipinski definition) is 5. The quantitative estimate of drug-likeness (QED) is 0.597. The number of rotatable bonds is 3. The van der Waals surface area contributed by atoms with Crippen LogP contribution in [0.3, 0.4) is 0 Å². The van der Waals surface area contributed by atoms with Crippen molar-refractivity contribution in [1.82, 2.24) is 4.90 Å². The third-order valence-electron chi connectivity index (χ3n) is 3.83. The number of halogens is 3. The van der Waals surface area contributed by atoms with E-state index in [0.29, 0.717) is 17.3 Å². The number of amides is 2. The van der Waals surface area contributed by atoms with Crippen LogP contribution in [0, 0.1) is 0 Å². The van der Waals surface area contributed by atoms with Crippen molar-refractivity contribution in [3.63, 3.8) is 0 Å². The number of para-hydroxylation sites is 1. The predicted octanol–water partition coefficient (Wildman–Crippen LogP) is 4.35. The number of thioether (sulfide) groups is 1. The van der Waals surface area contributed by atoms with Crippen LogP contribution in [0.15, 0.2) is 47.4 Å². The van der Waals surface area contributed by atoms with Crippen LogP contribution in [0.1, 0.15) is 16.7 Å². The summed E-state index contributed by atoms with van der Waals surface area (Å²) in [5.74, 6) is -1.42. The van der Waals surface area contributed by atoms with Crippen LogP contribution in [0.25, 0.3) is 6.08 Å². The fourth-order valence-corrected chi connectivity index (χ4v) is 3.25. The van der Waals surface area contributed by atoms with Gasteiger partial charge in [0.15, 0.2) is 11.5 Å². The van der Waals surface area contributed by atoms with Crippen molar-refractivity contribution < 1.29 is 33.0 Å². The van der Waals surface area contributed by atoms with Crippen molar-refractivity contribution in [2.24, 2.45) is 0 Å². The Balaban J connectivity index is 1.80. The number of carbonyl (C=O) groups excluding carboxylic acids is 2. The van der Waals surface area contributed by atoms with Gasteiger partial charge in [0.05, 0.1) is 17.0 Å². The monoisotopic (exact) mass is 395 g/mol. The molecule has 1 heterocycles. The first-order valence-electron chi connectivity index (χ1n) is 7.59. The van der Waals surface area contributed by atoms with E-state index < -0.39 is 28.6 Å². The number of hydrogen-bond donors (Lipinski definition) is 2. The summed E-state index contributed by atoms with van der Waals surface area (Å²) < 4.78 is 37.8. The van der Waals surface area contributed by atoms with Crippen LogP contribution in [0.2, 0.25) is 0 Å². The number of aromatic hydroxyl groups is 2. The third kappa shape index (κ3) is 3.92. The lowest BCUT2D eigenvalue weighted by Crippen LogP contribution is -2.27. The minimum Gasteiger partial charge on any atom is -0.504 e. The lowest BCUT2D eigenvalue weighted by Gasteiger charge is -2.13. The zero-order chi connectivity index (χ0) is 19.8. The van der Waals surface area contributed by atoms with Crippen LogP contribution in [-0.2, 0) is 17.5 Å². The Labute approximate surface area is 155 Å². The van der Waals surface area contributed by atoms with Crippen molar-refractivity contribution in [2.75, 3.05) is 0 Å².